The van der Waals surface area contributed by atoms with Crippen LogP contribution in [0.5, 0.6) is 0 Å². The molecule has 0 bridgehead atoms. The van der Waals surface area contributed by atoms with Crippen LogP contribution in [0.15, 0.2) is 42.5 Å². The molecule has 0 aliphatic carbocycles. The maximum absolute atomic E-state index is 12.3. The number of nitrogens with one attached hydrogen (secondary N) is 1. The summed E-state index contributed by atoms with van der Waals surface area (Å²) in [6.45, 7) is 7.51. The number of benzene rings is 2. The number of rotatable bonds is 6. The zero-order valence-electron chi connectivity index (χ0n) is 15.3. The Bertz CT molecular complexity index is 730. The van der Waals surface area contributed by atoms with Crippen LogP contribution in [0.2, 0.25) is 0 Å². The van der Waals surface area contributed by atoms with Crippen LogP contribution in [0.3, 0.4) is 0 Å². The van der Waals surface area contributed by atoms with Crippen LogP contribution in [-0.2, 0) is 20.7 Å². The molecule has 0 spiro atoms. The van der Waals surface area contributed by atoms with Crippen molar-refractivity contribution in [3.8, 4) is 0 Å². The van der Waals surface area contributed by atoms with E-state index in [-0.39, 0.29) is 18.3 Å². The van der Waals surface area contributed by atoms with Gasteiger partial charge >= 0.3 is 5.97 Å². The molecule has 0 unspecified atom stereocenters. The third kappa shape index (κ3) is 5.45. The SMILES string of the molecule is Cc1cc(C)c(NC(=O)[C@H](C)OC(=O)CCc2ccccc2)c(C)c1. The predicted molar refractivity (Wildman–Crippen MR) is 99.6 cm³/mol. The van der Waals surface area contributed by atoms with E-state index < -0.39 is 6.10 Å². The lowest BCUT2D eigenvalue weighted by Crippen LogP contribution is -2.30. The first kappa shape index (κ1) is 18.7. The van der Waals surface area contributed by atoms with Gasteiger partial charge in [-0.3, -0.25) is 9.59 Å². The van der Waals surface area contributed by atoms with Crippen LogP contribution in [0.25, 0.3) is 0 Å². The molecule has 1 atom stereocenters. The van der Waals surface area contributed by atoms with Crippen molar-refractivity contribution in [1.29, 1.82) is 0 Å². The minimum atomic E-state index is -0.830. The van der Waals surface area contributed by atoms with Crippen molar-refractivity contribution in [3.63, 3.8) is 0 Å². The lowest BCUT2D eigenvalue weighted by molar-refractivity contribution is -0.153. The molecular weight excluding hydrogens is 314 g/mol. The average Bonchev–Trinajstić information content (AvgIpc) is 2.57. The molecule has 25 heavy (non-hydrogen) atoms. The molecule has 2 aromatic carbocycles. The fourth-order valence-corrected chi connectivity index (χ4v) is 2.80. The van der Waals surface area contributed by atoms with Gasteiger partial charge in [0, 0.05) is 12.1 Å². The topological polar surface area (TPSA) is 55.4 Å². The Morgan fingerprint density at radius 3 is 2.24 bits per heavy atom. The lowest BCUT2D eigenvalue weighted by atomic mass is 10.0. The smallest absolute Gasteiger partial charge is 0.306 e. The van der Waals surface area contributed by atoms with Crippen molar-refractivity contribution in [3.05, 3.63) is 64.7 Å². The molecule has 0 saturated heterocycles. The number of carbonyl (C=O) groups is 2. The zero-order chi connectivity index (χ0) is 18.4. The van der Waals surface area contributed by atoms with Crippen molar-refractivity contribution in [2.75, 3.05) is 5.32 Å². The molecule has 0 saturated carbocycles. The number of anilines is 1. The van der Waals surface area contributed by atoms with Crippen LogP contribution in [-0.4, -0.2) is 18.0 Å². The molecule has 2 aromatic rings. The van der Waals surface area contributed by atoms with Crippen LogP contribution in [0.4, 0.5) is 5.69 Å². The Hall–Kier alpha value is -2.62. The molecule has 0 aromatic heterocycles. The standard InChI is InChI=1S/C21H25NO3/c1-14-12-15(2)20(16(3)13-14)22-21(24)17(4)25-19(23)11-10-18-8-6-5-7-9-18/h5-9,12-13,17H,10-11H2,1-4H3,(H,22,24)/t17-/m0/s1. The van der Waals surface area contributed by atoms with E-state index in [1.165, 1.54) is 0 Å². The molecule has 0 aliphatic rings. The largest absolute Gasteiger partial charge is 0.453 e. The monoisotopic (exact) mass is 339 g/mol. The van der Waals surface area contributed by atoms with Crippen LogP contribution in [0, 0.1) is 20.8 Å². The first-order chi connectivity index (χ1) is 11.9. The summed E-state index contributed by atoms with van der Waals surface area (Å²) in [6, 6.07) is 13.8. The molecule has 0 aliphatic heterocycles. The Labute approximate surface area is 149 Å². The third-order valence-corrected chi connectivity index (χ3v) is 4.06. The van der Waals surface area contributed by atoms with Gasteiger partial charge < -0.3 is 10.1 Å². The summed E-state index contributed by atoms with van der Waals surface area (Å²) >= 11 is 0. The molecule has 1 N–H and O–H groups in total. The minimum absolute atomic E-state index is 0.254. The number of ether oxygens (including phenoxy) is 1. The molecule has 0 fully saturated rings. The highest BCUT2D eigenvalue weighted by Crippen LogP contribution is 2.22. The van der Waals surface area contributed by atoms with Gasteiger partial charge in [-0.15, -0.1) is 0 Å². The summed E-state index contributed by atoms with van der Waals surface area (Å²) in [5.74, 6) is -0.688. The van der Waals surface area contributed by atoms with Gasteiger partial charge in [0.15, 0.2) is 6.10 Å². The van der Waals surface area contributed by atoms with E-state index in [1.54, 1.807) is 6.92 Å². The van der Waals surface area contributed by atoms with E-state index in [2.05, 4.69) is 5.32 Å². The van der Waals surface area contributed by atoms with E-state index in [4.69, 9.17) is 4.74 Å². The molecule has 4 nitrogen and oxygen atoms in total. The van der Waals surface area contributed by atoms with E-state index >= 15 is 0 Å². The third-order valence-electron chi connectivity index (χ3n) is 4.06. The van der Waals surface area contributed by atoms with Crippen molar-refractivity contribution in [1.82, 2.24) is 0 Å². The predicted octanol–water partition coefficient (Wildman–Crippen LogP) is 4.11. The van der Waals surface area contributed by atoms with Crippen molar-refractivity contribution in [2.24, 2.45) is 0 Å². The fraction of sp³-hybridized carbons (Fsp3) is 0.333. The van der Waals surface area contributed by atoms with Gasteiger partial charge in [0.05, 0.1) is 0 Å². The molecule has 2 rings (SSSR count). The van der Waals surface area contributed by atoms with Gasteiger partial charge in [0.2, 0.25) is 0 Å². The van der Waals surface area contributed by atoms with Gasteiger partial charge in [0.25, 0.3) is 5.91 Å². The Morgan fingerprint density at radius 1 is 1.04 bits per heavy atom. The number of hydrogen-bond donors (Lipinski definition) is 1. The highest BCUT2D eigenvalue weighted by atomic mass is 16.5. The molecule has 1 amide bonds. The molecule has 132 valence electrons. The average molecular weight is 339 g/mol. The zero-order valence-corrected chi connectivity index (χ0v) is 15.3. The van der Waals surface area contributed by atoms with Crippen LogP contribution >= 0.6 is 0 Å². The molecule has 4 heteroatoms. The van der Waals surface area contributed by atoms with E-state index in [1.807, 2.05) is 63.2 Å². The van der Waals surface area contributed by atoms with Crippen molar-refractivity contribution in [2.45, 2.75) is 46.6 Å². The second kappa shape index (κ2) is 8.47. The van der Waals surface area contributed by atoms with Gasteiger partial charge in [0.1, 0.15) is 0 Å². The van der Waals surface area contributed by atoms with Crippen LogP contribution in [0.1, 0.15) is 35.6 Å². The Morgan fingerprint density at radius 2 is 1.64 bits per heavy atom. The quantitative estimate of drug-likeness (QED) is 0.806. The summed E-state index contributed by atoms with van der Waals surface area (Å²) in [5, 5.41) is 2.87. The van der Waals surface area contributed by atoms with Crippen LogP contribution < -0.4 is 5.32 Å². The number of carbonyl (C=O) groups excluding carboxylic acids is 2. The second-order valence-electron chi connectivity index (χ2n) is 6.38. The van der Waals surface area contributed by atoms with Crippen molar-refractivity contribution >= 4 is 17.6 Å². The van der Waals surface area contributed by atoms with Gasteiger partial charge in [-0.25, -0.2) is 0 Å². The summed E-state index contributed by atoms with van der Waals surface area (Å²) < 4.78 is 5.26. The number of esters is 1. The Kier molecular flexibility index (Phi) is 6.34. The Balaban J connectivity index is 1.89. The highest BCUT2D eigenvalue weighted by Gasteiger charge is 2.19. The maximum atomic E-state index is 12.3. The summed E-state index contributed by atoms with van der Waals surface area (Å²) in [4.78, 5) is 24.3. The van der Waals surface area contributed by atoms with Gasteiger partial charge in [-0.2, -0.15) is 0 Å². The summed E-state index contributed by atoms with van der Waals surface area (Å²) in [5.41, 5.74) is 4.99. The number of hydrogen-bond acceptors (Lipinski definition) is 3. The molecular formula is C21H25NO3. The first-order valence-corrected chi connectivity index (χ1v) is 8.49. The van der Waals surface area contributed by atoms with E-state index in [0.29, 0.717) is 6.42 Å². The molecule has 0 heterocycles. The summed E-state index contributed by atoms with van der Waals surface area (Å²) in [7, 11) is 0. The maximum Gasteiger partial charge on any atom is 0.306 e. The summed E-state index contributed by atoms with van der Waals surface area (Å²) in [6.07, 6.45) is 0.0254. The minimum Gasteiger partial charge on any atom is -0.453 e. The normalized spacial score (nSPS) is 11.7. The van der Waals surface area contributed by atoms with Gasteiger partial charge in [-0.1, -0.05) is 48.0 Å². The second-order valence-corrected chi connectivity index (χ2v) is 6.38. The number of aryl methyl sites for hydroxylation is 4. The first-order valence-electron chi connectivity index (χ1n) is 8.49. The molecule has 0 radical (unpaired) electrons. The van der Waals surface area contributed by atoms with Crippen molar-refractivity contribution < 1.29 is 14.3 Å². The highest BCUT2D eigenvalue weighted by molar-refractivity contribution is 5.96. The van der Waals surface area contributed by atoms with E-state index in [0.717, 1.165) is 27.9 Å². The van der Waals surface area contributed by atoms with Gasteiger partial charge in [-0.05, 0) is 50.8 Å². The number of amides is 1. The lowest BCUT2D eigenvalue weighted by Gasteiger charge is -2.17. The van der Waals surface area contributed by atoms with E-state index in [9.17, 15) is 9.59 Å². The fourth-order valence-electron chi connectivity index (χ4n) is 2.80.